The second kappa shape index (κ2) is 10.5. The van der Waals surface area contributed by atoms with Crippen molar-refractivity contribution in [3.63, 3.8) is 0 Å². The number of carbonyl (C=O) groups excluding carboxylic acids is 3. The van der Waals surface area contributed by atoms with E-state index >= 15 is 0 Å². The molecule has 3 aliphatic rings. The average Bonchev–Trinajstić information content (AvgIpc) is 2.87. The first kappa shape index (κ1) is 29.5. The number of ketones is 2. The highest BCUT2D eigenvalue weighted by Crippen LogP contribution is 2.54. The Labute approximate surface area is 230 Å². The molecule has 1 aromatic rings. The van der Waals surface area contributed by atoms with Gasteiger partial charge < -0.3 is 31.1 Å². The molecular formula is C28H35F2N3O7. The molecule has 0 spiro atoms. The number of aliphatic hydroxyl groups is 3. The van der Waals surface area contributed by atoms with Crippen LogP contribution in [0, 0.1) is 17.8 Å². The topological polar surface area (TPSA) is 165 Å². The summed E-state index contributed by atoms with van der Waals surface area (Å²) in [6.45, 7) is -1.73. The average molecular weight is 564 g/mol. The zero-order valence-corrected chi connectivity index (χ0v) is 22.9. The molecule has 1 amide bonds. The van der Waals surface area contributed by atoms with Gasteiger partial charge in [-0.15, -0.1) is 0 Å². The number of phenolic OH excluding ortho intramolecular Hbond substituents is 1. The molecule has 40 heavy (non-hydrogen) atoms. The molecule has 3 aliphatic carbocycles. The third-order valence-corrected chi connectivity index (χ3v) is 8.52. The number of amides is 1. The summed E-state index contributed by atoms with van der Waals surface area (Å²) in [5.74, 6) is -8.06. The van der Waals surface area contributed by atoms with Crippen molar-refractivity contribution in [2.24, 2.45) is 23.5 Å². The number of anilines is 1. The van der Waals surface area contributed by atoms with Crippen LogP contribution in [0.15, 0.2) is 23.0 Å². The Bertz CT molecular complexity index is 1340. The number of hydrogen-bond acceptors (Lipinski definition) is 9. The van der Waals surface area contributed by atoms with Crippen molar-refractivity contribution in [3.8, 4) is 5.75 Å². The normalized spacial score (nSPS) is 26.3. The van der Waals surface area contributed by atoms with Gasteiger partial charge in [-0.05, 0) is 62.9 Å². The fourth-order valence-electron chi connectivity index (χ4n) is 6.49. The predicted octanol–water partition coefficient (Wildman–Crippen LogP) is 1.52. The number of nitrogens with two attached hydrogens (primary N) is 1. The SMILES string of the molecule is CN(C)c1cc(CCC(CF)CF)c(O)c2c1CC1CC3C(N(C)C)C(=O)C(C(N)=O)=C(O)C3(O)C(=O)C1=C2O. The number of rotatable bonds is 8. The number of aryl methyl sites for hydroxylation is 1. The van der Waals surface area contributed by atoms with E-state index in [9.17, 15) is 43.6 Å². The Balaban J connectivity index is 1.93. The summed E-state index contributed by atoms with van der Waals surface area (Å²) in [7, 11) is 6.57. The molecular weight excluding hydrogens is 528 g/mol. The number of primary amides is 1. The molecule has 0 saturated heterocycles. The fraction of sp³-hybridized carbons (Fsp3) is 0.536. The van der Waals surface area contributed by atoms with Crippen LogP contribution >= 0.6 is 0 Å². The molecule has 4 atom stereocenters. The summed E-state index contributed by atoms with van der Waals surface area (Å²) in [5, 5.41) is 45.4. The molecule has 1 aromatic carbocycles. The van der Waals surface area contributed by atoms with Crippen LogP contribution in [0.1, 0.15) is 29.5 Å². The largest absolute Gasteiger partial charge is 0.508 e. The van der Waals surface area contributed by atoms with E-state index in [4.69, 9.17) is 5.73 Å². The molecule has 0 bridgehead atoms. The van der Waals surface area contributed by atoms with E-state index in [-0.39, 0.29) is 42.6 Å². The van der Waals surface area contributed by atoms with Gasteiger partial charge in [0.2, 0.25) is 5.78 Å². The molecule has 1 fully saturated rings. The smallest absolute Gasteiger partial charge is 0.255 e. The van der Waals surface area contributed by atoms with Crippen LogP contribution in [-0.2, 0) is 27.2 Å². The number of benzene rings is 1. The van der Waals surface area contributed by atoms with Crippen molar-refractivity contribution in [2.75, 3.05) is 46.4 Å². The maximum atomic E-state index is 14.0. The van der Waals surface area contributed by atoms with Crippen LogP contribution in [0.5, 0.6) is 5.75 Å². The van der Waals surface area contributed by atoms with Crippen LogP contribution in [0.3, 0.4) is 0 Å². The lowest BCUT2D eigenvalue weighted by molar-refractivity contribution is -0.153. The summed E-state index contributed by atoms with van der Waals surface area (Å²) in [6.07, 6.45) is 0.326. The molecule has 1 saturated carbocycles. The van der Waals surface area contributed by atoms with Gasteiger partial charge in [0, 0.05) is 37.2 Å². The highest BCUT2D eigenvalue weighted by Gasteiger charge is 2.64. The lowest BCUT2D eigenvalue weighted by Crippen LogP contribution is -2.65. The van der Waals surface area contributed by atoms with Crippen molar-refractivity contribution in [1.29, 1.82) is 0 Å². The van der Waals surface area contributed by atoms with Gasteiger partial charge >= 0.3 is 0 Å². The summed E-state index contributed by atoms with van der Waals surface area (Å²) in [6, 6.07) is 0.516. The van der Waals surface area contributed by atoms with Crippen LogP contribution in [0.4, 0.5) is 14.5 Å². The number of carbonyl (C=O) groups is 3. The van der Waals surface area contributed by atoms with Crippen LogP contribution in [0.25, 0.3) is 5.76 Å². The van der Waals surface area contributed by atoms with Gasteiger partial charge in [0.1, 0.15) is 22.8 Å². The number of halogens is 2. The summed E-state index contributed by atoms with van der Waals surface area (Å²) >= 11 is 0. The highest BCUT2D eigenvalue weighted by atomic mass is 19.1. The third-order valence-electron chi connectivity index (χ3n) is 8.52. The monoisotopic (exact) mass is 563 g/mol. The van der Waals surface area contributed by atoms with Crippen molar-refractivity contribution >= 4 is 28.9 Å². The minimum Gasteiger partial charge on any atom is -0.508 e. The zero-order valence-electron chi connectivity index (χ0n) is 22.9. The Kier molecular flexibility index (Phi) is 7.72. The van der Waals surface area contributed by atoms with Crippen molar-refractivity contribution in [2.45, 2.75) is 37.3 Å². The van der Waals surface area contributed by atoms with E-state index < -0.39 is 77.3 Å². The first-order chi connectivity index (χ1) is 18.7. The van der Waals surface area contributed by atoms with Gasteiger partial charge in [0.15, 0.2) is 11.4 Å². The summed E-state index contributed by atoms with van der Waals surface area (Å²) in [4.78, 5) is 42.5. The van der Waals surface area contributed by atoms with E-state index in [1.807, 2.05) is 0 Å². The number of fused-ring (bicyclic) bond motifs is 3. The number of Topliss-reactive ketones (excluding diaryl/α,β-unsaturated/α-hetero) is 2. The lowest BCUT2D eigenvalue weighted by atomic mass is 9.57. The third kappa shape index (κ3) is 4.24. The first-order valence-corrected chi connectivity index (χ1v) is 13.0. The van der Waals surface area contributed by atoms with Gasteiger partial charge in [0.25, 0.3) is 5.91 Å². The minimum absolute atomic E-state index is 0.0180. The Morgan fingerprint density at radius 3 is 2.30 bits per heavy atom. The van der Waals surface area contributed by atoms with E-state index in [1.165, 1.54) is 19.0 Å². The molecule has 0 radical (unpaired) electrons. The Hall–Kier alpha value is -3.51. The number of nitrogens with zero attached hydrogens (tertiary/aromatic N) is 2. The van der Waals surface area contributed by atoms with Gasteiger partial charge in [0.05, 0.1) is 25.0 Å². The standard InChI is InChI=1S/C28H35F2N3O7/c1-32(2)17-9-13(6-5-12(10-29)11-30)22(34)19-15(17)7-14-8-16-21(33(3)4)24(36)20(27(31)39)26(38)28(16,40)25(37)18(14)23(19)35/h9,12,14,16,21,34-35,38,40H,5-8,10-11H2,1-4H3,(H2,31,39). The fourth-order valence-corrected chi connectivity index (χ4v) is 6.49. The molecule has 12 heteroatoms. The second-order valence-electron chi connectivity index (χ2n) is 11.3. The van der Waals surface area contributed by atoms with Gasteiger partial charge in [-0.3, -0.25) is 28.1 Å². The molecule has 10 nitrogen and oxygen atoms in total. The summed E-state index contributed by atoms with van der Waals surface area (Å²) in [5.41, 5.74) is 2.89. The number of hydrogen-bond donors (Lipinski definition) is 5. The predicted molar refractivity (Wildman–Crippen MR) is 142 cm³/mol. The first-order valence-electron chi connectivity index (χ1n) is 13.0. The number of aromatic hydroxyl groups is 1. The second-order valence-corrected chi connectivity index (χ2v) is 11.3. The molecule has 0 aliphatic heterocycles. The van der Waals surface area contributed by atoms with E-state index in [0.29, 0.717) is 16.8 Å². The molecule has 6 N–H and O–H groups in total. The van der Waals surface area contributed by atoms with E-state index in [0.717, 1.165) is 0 Å². The van der Waals surface area contributed by atoms with E-state index in [1.54, 1.807) is 25.1 Å². The van der Waals surface area contributed by atoms with Crippen molar-refractivity contribution in [3.05, 3.63) is 39.7 Å². The van der Waals surface area contributed by atoms with Gasteiger partial charge in [-0.1, -0.05) is 0 Å². The highest BCUT2D eigenvalue weighted by molar-refractivity contribution is 6.24. The molecule has 0 heterocycles. The summed E-state index contributed by atoms with van der Waals surface area (Å²) < 4.78 is 26.2. The van der Waals surface area contributed by atoms with Crippen LogP contribution < -0.4 is 10.6 Å². The maximum Gasteiger partial charge on any atom is 0.255 e. The number of likely N-dealkylation sites (N-methyl/N-ethyl adjacent to an activating group) is 1. The van der Waals surface area contributed by atoms with Crippen LogP contribution in [0.2, 0.25) is 0 Å². The number of alkyl halides is 2. The number of aliphatic hydroxyl groups excluding tert-OH is 2. The molecule has 4 unspecified atom stereocenters. The van der Waals surface area contributed by atoms with Crippen LogP contribution in [-0.4, -0.2) is 96.0 Å². The van der Waals surface area contributed by atoms with Gasteiger partial charge in [-0.2, -0.15) is 0 Å². The Morgan fingerprint density at radius 1 is 1.15 bits per heavy atom. The Morgan fingerprint density at radius 2 is 1.77 bits per heavy atom. The molecule has 0 aromatic heterocycles. The van der Waals surface area contributed by atoms with E-state index in [2.05, 4.69) is 0 Å². The zero-order chi connectivity index (χ0) is 29.8. The molecule has 218 valence electrons. The van der Waals surface area contributed by atoms with Crippen molar-refractivity contribution in [1.82, 2.24) is 4.90 Å². The maximum absolute atomic E-state index is 14.0. The minimum atomic E-state index is -2.72. The van der Waals surface area contributed by atoms with Gasteiger partial charge in [-0.25, -0.2) is 0 Å². The molecule has 4 rings (SSSR count). The number of phenols is 1. The quantitative estimate of drug-likeness (QED) is 0.295. The van der Waals surface area contributed by atoms with Crippen molar-refractivity contribution < 1.29 is 43.6 Å². The lowest BCUT2D eigenvalue weighted by Gasteiger charge is -2.50.